The summed E-state index contributed by atoms with van der Waals surface area (Å²) in [6.07, 6.45) is -1.89. The minimum absolute atomic E-state index is 0.00272. The number of hydrogen-bond donors (Lipinski definition) is 14. The van der Waals surface area contributed by atoms with Crippen LogP contribution < -0.4 is 53.6 Å². The average Bonchev–Trinajstić information content (AvgIpc) is 3.25. The molecule has 25 heteroatoms. The third-order valence-corrected chi connectivity index (χ3v) is 10.9. The lowest BCUT2D eigenvalue weighted by Gasteiger charge is -2.30. The van der Waals surface area contributed by atoms with Crippen LogP contribution in [0.5, 0.6) is 5.75 Å². The van der Waals surface area contributed by atoms with E-state index in [9.17, 15) is 68.1 Å². The van der Waals surface area contributed by atoms with E-state index in [2.05, 4.69) is 60.5 Å². The van der Waals surface area contributed by atoms with Gasteiger partial charge in [0.25, 0.3) is 0 Å². The van der Waals surface area contributed by atoms with Crippen LogP contribution in [0, 0.1) is 17.8 Å². The Balaban J connectivity index is 3.09. The Labute approximate surface area is 406 Å². The molecular weight excluding hydrogens is 925 g/mol. The Morgan fingerprint density at radius 3 is 1.62 bits per heavy atom. The van der Waals surface area contributed by atoms with Gasteiger partial charge in [-0.05, 0) is 55.7 Å². The highest BCUT2D eigenvalue weighted by molar-refractivity contribution is 7.80. The van der Waals surface area contributed by atoms with Crippen LogP contribution in [0.3, 0.4) is 0 Å². The van der Waals surface area contributed by atoms with E-state index in [1.807, 2.05) is 0 Å². The van der Waals surface area contributed by atoms with Gasteiger partial charge in [-0.25, -0.2) is 4.79 Å². The number of phenolic OH excluding ortho intramolecular Hbond substituents is 1. The van der Waals surface area contributed by atoms with Crippen molar-refractivity contribution < 1.29 is 68.1 Å². The summed E-state index contributed by atoms with van der Waals surface area (Å²) in [6.45, 7) is 12.9. The summed E-state index contributed by atoms with van der Waals surface area (Å²) >= 11 is 4.09. The van der Waals surface area contributed by atoms with Gasteiger partial charge in [-0.1, -0.05) is 60.1 Å². The van der Waals surface area contributed by atoms with Crippen LogP contribution in [0.15, 0.2) is 24.3 Å². The van der Waals surface area contributed by atoms with Gasteiger partial charge in [-0.2, -0.15) is 12.6 Å². The van der Waals surface area contributed by atoms with Gasteiger partial charge >= 0.3 is 5.97 Å². The molecule has 69 heavy (non-hydrogen) atoms. The maximum atomic E-state index is 13.8. The first-order chi connectivity index (χ1) is 32.1. The molecule has 0 aliphatic rings. The summed E-state index contributed by atoms with van der Waals surface area (Å²) in [5, 5.41) is 51.3. The number of nitrogens with two attached hydrogens (primary N) is 1. The van der Waals surface area contributed by atoms with Crippen molar-refractivity contribution in [2.75, 3.05) is 12.3 Å². The van der Waals surface area contributed by atoms with Crippen molar-refractivity contribution in [2.24, 2.45) is 23.5 Å². The number of aliphatic hydroxyl groups excluding tert-OH is 1. The summed E-state index contributed by atoms with van der Waals surface area (Å²) in [7, 11) is 0. The zero-order valence-electron chi connectivity index (χ0n) is 40.3. The highest BCUT2D eigenvalue weighted by Gasteiger charge is 2.37. The van der Waals surface area contributed by atoms with Crippen LogP contribution >= 0.6 is 12.6 Å². The number of carboxylic acid groups (broad SMARTS) is 1. The Morgan fingerprint density at radius 2 is 1.13 bits per heavy atom. The summed E-state index contributed by atoms with van der Waals surface area (Å²) in [4.78, 5) is 142. The van der Waals surface area contributed by atoms with E-state index >= 15 is 0 Å². The molecule has 10 amide bonds. The topological polar surface area (TPSA) is 383 Å². The number of hydrogen-bond acceptors (Lipinski definition) is 14. The summed E-state index contributed by atoms with van der Waals surface area (Å²) < 4.78 is 0. The molecule has 0 unspecified atom stereocenters. The molecule has 1 aromatic carbocycles. The van der Waals surface area contributed by atoms with Crippen LogP contribution in [0.2, 0.25) is 0 Å². The summed E-state index contributed by atoms with van der Waals surface area (Å²) in [5.41, 5.74) is 5.98. The number of aliphatic hydroxyl groups is 1. The lowest BCUT2D eigenvalue weighted by molar-refractivity contribution is -0.142. The first kappa shape index (κ1) is 60.5. The first-order valence-electron chi connectivity index (χ1n) is 22.4. The number of phenols is 1. The standard InChI is InChI=1S/C44H70N10O14S/c1-10-22(6)35(42(65)49-29(17-32(45)58)39(62)51-31(19-69)40(63)50-30(44(67)68)15-20(2)3)54-41(64)34(21(4)5)53-43(66)36(24(8)55)52-33(59)18-46-37(60)23(7)47-38(61)28(48-25(9)56)16-26-11-13-27(57)14-12-26/h11-14,20-24,28-31,34-36,55,57,69H,10,15-19H2,1-9H3,(H2,45,58)(H,46,60)(H,47,61)(H,48,56)(H,49,65)(H,50,63)(H,51,62)(H,52,59)(H,53,66)(H,54,64)(H,67,68)/t22-,23+,24-,28+,29+,30+,31+,34+,35+,36+/m1/s1. The third kappa shape index (κ3) is 21.6. The van der Waals surface area contributed by atoms with Gasteiger partial charge in [-0.3, -0.25) is 47.9 Å². The lowest BCUT2D eigenvalue weighted by atomic mass is 9.95. The van der Waals surface area contributed by atoms with E-state index in [1.165, 1.54) is 32.9 Å². The zero-order chi connectivity index (χ0) is 52.9. The minimum Gasteiger partial charge on any atom is -0.508 e. The Morgan fingerprint density at radius 1 is 0.623 bits per heavy atom. The fourth-order valence-corrected chi connectivity index (χ4v) is 6.74. The van der Waals surface area contributed by atoms with E-state index in [0.29, 0.717) is 12.0 Å². The van der Waals surface area contributed by atoms with Gasteiger partial charge in [0, 0.05) is 19.1 Å². The average molecular weight is 995 g/mol. The molecule has 386 valence electrons. The van der Waals surface area contributed by atoms with Crippen LogP contribution in [-0.2, 0) is 59.2 Å². The van der Waals surface area contributed by atoms with Gasteiger partial charge in [-0.15, -0.1) is 0 Å². The molecule has 1 rings (SSSR count). The van der Waals surface area contributed by atoms with Crippen LogP contribution in [0.25, 0.3) is 0 Å². The smallest absolute Gasteiger partial charge is 0.326 e. The second kappa shape index (κ2) is 29.4. The molecule has 0 spiro atoms. The Bertz CT molecular complexity index is 1990. The van der Waals surface area contributed by atoms with E-state index in [1.54, 1.807) is 53.7 Å². The monoisotopic (exact) mass is 994 g/mol. The van der Waals surface area contributed by atoms with E-state index in [-0.39, 0.29) is 30.3 Å². The fraction of sp³-hybridized carbons (Fsp3) is 0.614. The molecule has 0 saturated carbocycles. The number of rotatable bonds is 29. The van der Waals surface area contributed by atoms with Crippen molar-refractivity contribution in [1.82, 2.24) is 47.9 Å². The molecule has 0 radical (unpaired) electrons. The van der Waals surface area contributed by atoms with Gasteiger partial charge in [0.05, 0.1) is 19.1 Å². The number of carbonyl (C=O) groups excluding carboxylic acids is 10. The number of nitrogens with one attached hydrogen (secondary N) is 9. The molecule has 10 atom stereocenters. The largest absolute Gasteiger partial charge is 0.508 e. The number of thiol groups is 1. The molecule has 0 saturated heterocycles. The molecule has 0 aliphatic heterocycles. The molecule has 0 fully saturated rings. The lowest BCUT2D eigenvalue weighted by Crippen LogP contribution is -2.62. The van der Waals surface area contributed by atoms with E-state index < -0.39 is 144 Å². The predicted octanol–water partition coefficient (Wildman–Crippen LogP) is -3.01. The van der Waals surface area contributed by atoms with E-state index in [4.69, 9.17) is 5.73 Å². The maximum absolute atomic E-state index is 13.8. The first-order valence-corrected chi connectivity index (χ1v) is 23.0. The number of benzene rings is 1. The second-order valence-electron chi connectivity index (χ2n) is 17.5. The molecule has 0 heterocycles. The zero-order valence-corrected chi connectivity index (χ0v) is 41.2. The molecule has 0 bridgehead atoms. The fourth-order valence-electron chi connectivity index (χ4n) is 6.48. The van der Waals surface area contributed by atoms with Gasteiger partial charge < -0.3 is 68.9 Å². The minimum atomic E-state index is -1.67. The Hall–Kier alpha value is -6.50. The second-order valence-corrected chi connectivity index (χ2v) is 17.8. The molecule has 14 N–H and O–H groups in total. The molecular formula is C44H70N10O14S. The number of aromatic hydroxyl groups is 1. The summed E-state index contributed by atoms with van der Waals surface area (Å²) in [5.74, 6) is -11.8. The highest BCUT2D eigenvalue weighted by atomic mass is 32.1. The van der Waals surface area contributed by atoms with Crippen molar-refractivity contribution in [1.29, 1.82) is 0 Å². The summed E-state index contributed by atoms with van der Waals surface area (Å²) in [6, 6.07) is -5.21. The van der Waals surface area contributed by atoms with Gasteiger partial charge in [0.2, 0.25) is 59.1 Å². The molecule has 0 aromatic heterocycles. The van der Waals surface area contributed by atoms with E-state index in [0.717, 1.165) is 0 Å². The van der Waals surface area contributed by atoms with Gasteiger partial charge in [0.15, 0.2) is 0 Å². The third-order valence-electron chi connectivity index (χ3n) is 10.5. The molecule has 24 nitrogen and oxygen atoms in total. The Kier molecular flexibility index (Phi) is 25.8. The SMILES string of the molecule is CC[C@@H](C)[C@H](NC(=O)[C@@H](NC(=O)[C@@H](NC(=O)CNC(=O)[C@H](C)NC(=O)[C@H](Cc1ccc(O)cc1)NC(C)=O)[C@@H](C)O)C(C)C)C(=O)N[C@@H](CC(N)=O)C(=O)N[C@@H](CS)C(=O)N[C@@H](CC(C)C)C(=O)O. The van der Waals surface area contributed by atoms with Crippen LogP contribution in [0.1, 0.15) is 87.1 Å². The quantitative estimate of drug-likeness (QED) is 0.0356. The number of carboxylic acids is 1. The predicted molar refractivity (Wildman–Crippen MR) is 252 cm³/mol. The number of primary amides is 1. The number of carbonyl (C=O) groups is 11. The van der Waals surface area contributed by atoms with Crippen LogP contribution in [0.4, 0.5) is 0 Å². The van der Waals surface area contributed by atoms with Crippen molar-refractivity contribution in [2.45, 2.75) is 142 Å². The van der Waals surface area contributed by atoms with Gasteiger partial charge in [0.1, 0.15) is 54.1 Å². The van der Waals surface area contributed by atoms with Crippen LogP contribution in [-0.4, -0.2) is 147 Å². The molecule has 1 aromatic rings. The van der Waals surface area contributed by atoms with Crippen molar-refractivity contribution in [3.05, 3.63) is 29.8 Å². The van der Waals surface area contributed by atoms with Crippen molar-refractivity contribution in [3.8, 4) is 5.75 Å². The van der Waals surface area contributed by atoms with Crippen molar-refractivity contribution in [3.63, 3.8) is 0 Å². The molecule has 0 aliphatic carbocycles. The maximum Gasteiger partial charge on any atom is 0.326 e. The van der Waals surface area contributed by atoms with Crippen molar-refractivity contribution >= 4 is 77.7 Å². The normalized spacial score (nSPS) is 15.4. The number of amides is 10. The number of aliphatic carboxylic acids is 1. The highest BCUT2D eigenvalue weighted by Crippen LogP contribution is 2.14.